The van der Waals surface area contributed by atoms with Gasteiger partial charge in [-0.1, -0.05) is 42.0 Å². The molecule has 0 aliphatic carbocycles. The van der Waals surface area contributed by atoms with Gasteiger partial charge in [-0.25, -0.2) is 0 Å². The van der Waals surface area contributed by atoms with Crippen LogP contribution in [0.3, 0.4) is 0 Å². The highest BCUT2D eigenvalue weighted by atomic mass is 19.4. The third-order valence-electron chi connectivity index (χ3n) is 5.67. The van der Waals surface area contributed by atoms with Crippen molar-refractivity contribution < 1.29 is 41.0 Å². The Labute approximate surface area is 192 Å². The number of carbonyl (C=O) groups excluding carboxylic acids is 1. The van der Waals surface area contributed by atoms with Gasteiger partial charge in [0.25, 0.3) is 5.91 Å². The maximum absolute atomic E-state index is 14.5. The molecule has 0 unspecified atom stereocenters. The van der Waals surface area contributed by atoms with Crippen molar-refractivity contribution in [3.8, 4) is 5.75 Å². The highest BCUT2D eigenvalue weighted by molar-refractivity contribution is 6.04. The standard InChI is InChI=1S/C24H23F6NO3/c1-15-3-5-16(6-4-15)19-13-22(24(28,29)30,31-21(33)20(19)14-32)17-7-9-18(10-8-17)34-12-2-11-23(25,26)27/h3-10,32H,2,11-14H2,1H3,(H,31,33)/t22-/m0/s1. The van der Waals surface area contributed by atoms with Gasteiger partial charge in [-0.2, -0.15) is 26.3 Å². The van der Waals surface area contributed by atoms with Gasteiger partial charge in [-0.05, 0) is 42.2 Å². The number of ether oxygens (including phenoxy) is 1. The minimum atomic E-state index is -4.89. The van der Waals surface area contributed by atoms with Crippen molar-refractivity contribution in [3.05, 3.63) is 70.8 Å². The first-order valence-corrected chi connectivity index (χ1v) is 10.5. The van der Waals surface area contributed by atoms with Crippen LogP contribution >= 0.6 is 0 Å². The molecule has 0 bridgehead atoms. The Morgan fingerprint density at radius 3 is 2.15 bits per heavy atom. The number of halogens is 6. The first-order valence-electron chi connectivity index (χ1n) is 10.5. The smallest absolute Gasteiger partial charge is 0.416 e. The van der Waals surface area contributed by atoms with Crippen LogP contribution in [0.25, 0.3) is 5.57 Å². The molecular formula is C24H23F6NO3. The van der Waals surface area contributed by atoms with Gasteiger partial charge in [0.2, 0.25) is 0 Å². The monoisotopic (exact) mass is 487 g/mol. The quantitative estimate of drug-likeness (QED) is 0.404. The SMILES string of the molecule is Cc1ccc(C2=C(CO)C(=O)N[C@@](c3ccc(OCCCC(F)(F)F)cc3)(C(F)(F)F)C2)cc1. The molecule has 34 heavy (non-hydrogen) atoms. The second-order valence-electron chi connectivity index (χ2n) is 8.11. The number of aliphatic hydroxyl groups is 1. The van der Waals surface area contributed by atoms with Gasteiger partial charge in [0.15, 0.2) is 5.54 Å². The summed E-state index contributed by atoms with van der Waals surface area (Å²) in [5.74, 6) is -0.926. The number of hydrogen-bond donors (Lipinski definition) is 2. The van der Waals surface area contributed by atoms with Gasteiger partial charge in [-0.15, -0.1) is 0 Å². The van der Waals surface area contributed by atoms with E-state index in [0.717, 1.165) is 17.7 Å². The molecule has 2 aromatic carbocycles. The molecule has 0 fully saturated rings. The molecule has 10 heteroatoms. The Balaban J connectivity index is 1.92. The molecule has 184 valence electrons. The number of nitrogens with one attached hydrogen (secondary N) is 1. The molecule has 2 N–H and O–H groups in total. The van der Waals surface area contributed by atoms with Crippen molar-refractivity contribution in [1.82, 2.24) is 5.32 Å². The first-order chi connectivity index (χ1) is 15.9. The summed E-state index contributed by atoms with van der Waals surface area (Å²) in [7, 11) is 0. The molecule has 2 aromatic rings. The van der Waals surface area contributed by atoms with Gasteiger partial charge in [0, 0.05) is 18.4 Å². The lowest BCUT2D eigenvalue weighted by molar-refractivity contribution is -0.202. The molecule has 1 amide bonds. The Morgan fingerprint density at radius 2 is 1.62 bits per heavy atom. The van der Waals surface area contributed by atoms with Gasteiger partial charge in [0.1, 0.15) is 5.75 Å². The van der Waals surface area contributed by atoms with Gasteiger partial charge >= 0.3 is 12.4 Å². The average molecular weight is 487 g/mol. The lowest BCUT2D eigenvalue weighted by atomic mass is 9.76. The Morgan fingerprint density at radius 1 is 1.00 bits per heavy atom. The largest absolute Gasteiger partial charge is 0.494 e. The van der Waals surface area contributed by atoms with Crippen molar-refractivity contribution in [2.24, 2.45) is 0 Å². The molecule has 0 saturated carbocycles. The number of benzene rings is 2. The molecule has 4 nitrogen and oxygen atoms in total. The number of amides is 1. The predicted molar refractivity (Wildman–Crippen MR) is 113 cm³/mol. The van der Waals surface area contributed by atoms with Crippen LogP contribution in [0.1, 0.15) is 36.0 Å². The Bertz CT molecular complexity index is 1040. The lowest BCUT2D eigenvalue weighted by Crippen LogP contribution is -2.59. The summed E-state index contributed by atoms with van der Waals surface area (Å²) in [4.78, 5) is 12.7. The third-order valence-corrected chi connectivity index (χ3v) is 5.67. The van der Waals surface area contributed by atoms with Crippen LogP contribution in [0.4, 0.5) is 26.3 Å². The van der Waals surface area contributed by atoms with Crippen LogP contribution in [0, 0.1) is 6.92 Å². The zero-order chi connectivity index (χ0) is 25.1. The summed E-state index contributed by atoms with van der Waals surface area (Å²) in [6, 6.07) is 11.3. The summed E-state index contributed by atoms with van der Waals surface area (Å²) in [5, 5.41) is 11.7. The van der Waals surface area contributed by atoms with E-state index in [4.69, 9.17) is 4.74 Å². The fourth-order valence-electron chi connectivity index (χ4n) is 3.83. The van der Waals surface area contributed by atoms with Gasteiger partial charge < -0.3 is 15.2 Å². The third kappa shape index (κ3) is 5.55. The number of aliphatic hydroxyl groups excluding tert-OH is 1. The minimum Gasteiger partial charge on any atom is -0.494 e. The molecule has 1 aliphatic heterocycles. The summed E-state index contributed by atoms with van der Waals surface area (Å²) in [5.41, 5.74) is -1.83. The topological polar surface area (TPSA) is 58.6 Å². The van der Waals surface area contributed by atoms with Crippen LogP contribution in [-0.2, 0) is 10.3 Å². The second-order valence-corrected chi connectivity index (χ2v) is 8.11. The zero-order valence-electron chi connectivity index (χ0n) is 18.2. The number of carbonyl (C=O) groups is 1. The average Bonchev–Trinajstić information content (AvgIpc) is 2.75. The molecule has 1 heterocycles. The fourth-order valence-corrected chi connectivity index (χ4v) is 3.83. The maximum Gasteiger partial charge on any atom is 0.416 e. The van der Waals surface area contributed by atoms with Crippen molar-refractivity contribution >= 4 is 11.5 Å². The number of alkyl halides is 6. The second kappa shape index (κ2) is 9.69. The predicted octanol–water partition coefficient (Wildman–Crippen LogP) is 5.44. The van der Waals surface area contributed by atoms with Crippen LogP contribution < -0.4 is 10.1 Å². The van der Waals surface area contributed by atoms with Crippen LogP contribution in [-0.4, -0.2) is 36.6 Å². The highest BCUT2D eigenvalue weighted by Gasteiger charge is 2.59. The van der Waals surface area contributed by atoms with Crippen molar-refractivity contribution in [3.63, 3.8) is 0 Å². The van der Waals surface area contributed by atoms with Crippen molar-refractivity contribution in [2.45, 2.75) is 44.1 Å². The van der Waals surface area contributed by atoms with E-state index >= 15 is 0 Å². The molecule has 1 aliphatic rings. The summed E-state index contributed by atoms with van der Waals surface area (Å²) in [6.45, 7) is 0.833. The first kappa shape index (κ1) is 25.6. The van der Waals surface area contributed by atoms with Gasteiger partial charge in [0.05, 0.1) is 13.2 Å². The summed E-state index contributed by atoms with van der Waals surface area (Å²) < 4.78 is 85.3. The molecule has 0 aromatic heterocycles. The number of hydrogen-bond acceptors (Lipinski definition) is 3. The molecule has 0 radical (unpaired) electrons. The van der Waals surface area contributed by atoms with Crippen LogP contribution in [0.15, 0.2) is 54.1 Å². The van der Waals surface area contributed by atoms with Gasteiger partial charge in [-0.3, -0.25) is 4.79 Å². The molecule has 0 saturated heterocycles. The molecular weight excluding hydrogens is 464 g/mol. The summed E-state index contributed by atoms with van der Waals surface area (Å²) >= 11 is 0. The Kier molecular flexibility index (Phi) is 7.30. The molecule has 0 spiro atoms. The van der Waals surface area contributed by atoms with E-state index in [2.05, 4.69) is 0 Å². The highest BCUT2D eigenvalue weighted by Crippen LogP contribution is 2.48. The molecule has 3 rings (SSSR count). The van der Waals surface area contributed by atoms with E-state index in [9.17, 15) is 36.2 Å². The lowest BCUT2D eigenvalue weighted by Gasteiger charge is -2.41. The van der Waals surface area contributed by atoms with E-state index < -0.39 is 43.2 Å². The minimum absolute atomic E-state index is 0.0797. The Hall–Kier alpha value is -3.01. The zero-order valence-corrected chi connectivity index (χ0v) is 18.2. The van der Waals surface area contributed by atoms with E-state index in [1.54, 1.807) is 24.3 Å². The van der Waals surface area contributed by atoms with Crippen LogP contribution in [0.2, 0.25) is 0 Å². The van der Waals surface area contributed by atoms with Crippen LogP contribution in [0.5, 0.6) is 5.75 Å². The fraction of sp³-hybridized carbons (Fsp3) is 0.375. The molecule has 1 atom stereocenters. The van der Waals surface area contributed by atoms with Crippen molar-refractivity contribution in [2.75, 3.05) is 13.2 Å². The van der Waals surface area contributed by atoms with E-state index in [-0.39, 0.29) is 35.5 Å². The van der Waals surface area contributed by atoms with E-state index in [1.165, 1.54) is 12.1 Å². The maximum atomic E-state index is 14.5. The van der Waals surface area contributed by atoms with Crippen molar-refractivity contribution in [1.29, 1.82) is 0 Å². The van der Waals surface area contributed by atoms with E-state index in [0.29, 0.717) is 5.56 Å². The number of aryl methyl sites for hydroxylation is 1. The number of rotatable bonds is 7. The normalized spacial score (nSPS) is 19.2. The van der Waals surface area contributed by atoms with E-state index in [1.807, 2.05) is 12.2 Å². The summed E-state index contributed by atoms with van der Waals surface area (Å²) in [6.07, 6.45) is -11.2.